The highest BCUT2D eigenvalue weighted by atomic mass is 35.5. The molecule has 0 aliphatic carbocycles. The van der Waals surface area contributed by atoms with Crippen molar-refractivity contribution in [1.82, 2.24) is 24.9 Å². The molecule has 1 saturated heterocycles. The molecular formula is C18H17ClN6S. The van der Waals surface area contributed by atoms with Crippen LogP contribution in [0, 0.1) is 0 Å². The molecule has 1 aromatic carbocycles. The van der Waals surface area contributed by atoms with Crippen molar-refractivity contribution in [2.45, 2.75) is 6.42 Å². The van der Waals surface area contributed by atoms with Crippen LogP contribution in [0.15, 0.2) is 35.0 Å². The number of nitrogens with zero attached hydrogens (tertiary/aromatic N) is 5. The van der Waals surface area contributed by atoms with E-state index in [0.717, 1.165) is 54.5 Å². The summed E-state index contributed by atoms with van der Waals surface area (Å²) in [5.41, 5.74) is 2.94. The lowest BCUT2D eigenvalue weighted by Crippen LogP contribution is -2.44. The zero-order chi connectivity index (χ0) is 17.5. The van der Waals surface area contributed by atoms with Crippen LogP contribution in [0.4, 0.5) is 5.95 Å². The fraction of sp³-hybridized carbons (Fsp3) is 0.278. The fourth-order valence-electron chi connectivity index (χ4n) is 3.33. The second-order valence-electron chi connectivity index (χ2n) is 6.38. The molecule has 0 radical (unpaired) electrons. The molecule has 8 heteroatoms. The largest absolute Gasteiger partial charge is 0.338 e. The van der Waals surface area contributed by atoms with Gasteiger partial charge in [-0.15, -0.1) is 5.10 Å². The SMILES string of the molecule is Clc1ccc2nc(N3CCNCC3)n3nc(Cc4ccsc4)nc3c2c1. The third kappa shape index (κ3) is 2.82. The van der Waals surface area contributed by atoms with Crippen LogP contribution in [-0.2, 0) is 6.42 Å². The summed E-state index contributed by atoms with van der Waals surface area (Å²) >= 11 is 7.92. The minimum atomic E-state index is 0.679. The minimum absolute atomic E-state index is 0.679. The Kier molecular flexibility index (Phi) is 4.00. The topological polar surface area (TPSA) is 58.4 Å². The first-order chi connectivity index (χ1) is 12.8. The van der Waals surface area contributed by atoms with Crippen LogP contribution in [0.1, 0.15) is 11.4 Å². The summed E-state index contributed by atoms with van der Waals surface area (Å²) in [6.07, 6.45) is 0.717. The molecule has 0 amide bonds. The van der Waals surface area contributed by atoms with Gasteiger partial charge >= 0.3 is 0 Å². The van der Waals surface area contributed by atoms with E-state index in [0.29, 0.717) is 11.4 Å². The zero-order valence-corrected chi connectivity index (χ0v) is 15.6. The summed E-state index contributed by atoms with van der Waals surface area (Å²) in [5.74, 6) is 1.65. The molecule has 3 aromatic heterocycles. The summed E-state index contributed by atoms with van der Waals surface area (Å²) in [5, 5.41) is 14.0. The Morgan fingerprint density at radius 3 is 2.85 bits per heavy atom. The van der Waals surface area contributed by atoms with Gasteiger partial charge in [0.05, 0.1) is 5.52 Å². The van der Waals surface area contributed by atoms with Crippen molar-refractivity contribution in [2.75, 3.05) is 31.1 Å². The Labute approximate surface area is 159 Å². The van der Waals surface area contributed by atoms with E-state index >= 15 is 0 Å². The summed E-state index contributed by atoms with van der Waals surface area (Å²) in [6, 6.07) is 7.86. The third-order valence-electron chi connectivity index (χ3n) is 4.60. The van der Waals surface area contributed by atoms with Gasteiger partial charge in [0.15, 0.2) is 11.5 Å². The van der Waals surface area contributed by atoms with Crippen LogP contribution in [0.5, 0.6) is 0 Å². The lowest BCUT2D eigenvalue weighted by molar-refractivity contribution is 0.574. The van der Waals surface area contributed by atoms with Crippen molar-refractivity contribution in [3.05, 3.63) is 51.4 Å². The van der Waals surface area contributed by atoms with E-state index < -0.39 is 0 Å². The van der Waals surface area contributed by atoms with E-state index in [1.165, 1.54) is 5.56 Å². The predicted molar refractivity (Wildman–Crippen MR) is 106 cm³/mol. The Bertz CT molecular complexity index is 1070. The smallest absolute Gasteiger partial charge is 0.229 e. The van der Waals surface area contributed by atoms with Gasteiger partial charge in [0.1, 0.15) is 0 Å². The highest BCUT2D eigenvalue weighted by Crippen LogP contribution is 2.26. The molecular weight excluding hydrogens is 368 g/mol. The van der Waals surface area contributed by atoms with Gasteiger partial charge in [-0.05, 0) is 40.6 Å². The monoisotopic (exact) mass is 384 g/mol. The molecule has 1 aliphatic heterocycles. The molecule has 4 heterocycles. The molecule has 132 valence electrons. The maximum absolute atomic E-state index is 6.23. The molecule has 1 aliphatic rings. The summed E-state index contributed by atoms with van der Waals surface area (Å²) in [7, 11) is 0. The number of piperazine rings is 1. The van der Waals surface area contributed by atoms with Crippen molar-refractivity contribution in [3.63, 3.8) is 0 Å². The highest BCUT2D eigenvalue weighted by Gasteiger charge is 2.20. The van der Waals surface area contributed by atoms with Gasteiger partial charge in [0.2, 0.25) is 5.95 Å². The van der Waals surface area contributed by atoms with E-state index in [-0.39, 0.29) is 0 Å². The molecule has 5 rings (SSSR count). The third-order valence-corrected chi connectivity index (χ3v) is 5.57. The quantitative estimate of drug-likeness (QED) is 0.588. The molecule has 1 fully saturated rings. The molecule has 6 nitrogen and oxygen atoms in total. The number of hydrogen-bond acceptors (Lipinski definition) is 6. The standard InChI is InChI=1S/C18H17ClN6S/c19-13-1-2-15-14(10-13)17-22-16(9-12-3-8-26-11-12)23-25(17)18(21-15)24-6-4-20-5-7-24/h1-3,8,10-11,20H,4-7,9H2. The number of halogens is 1. The molecule has 0 unspecified atom stereocenters. The number of thiophene rings is 1. The highest BCUT2D eigenvalue weighted by molar-refractivity contribution is 7.07. The Hall–Kier alpha value is -2.22. The van der Waals surface area contributed by atoms with E-state index in [2.05, 4.69) is 27.0 Å². The van der Waals surface area contributed by atoms with Crippen LogP contribution in [0.2, 0.25) is 5.02 Å². The second kappa shape index (κ2) is 6.50. The predicted octanol–water partition coefficient (Wildman–Crippen LogP) is 2.99. The Morgan fingerprint density at radius 2 is 2.04 bits per heavy atom. The first kappa shape index (κ1) is 16.0. The molecule has 4 aromatic rings. The summed E-state index contributed by atoms with van der Waals surface area (Å²) in [6.45, 7) is 3.69. The summed E-state index contributed by atoms with van der Waals surface area (Å²) in [4.78, 5) is 12.0. The van der Waals surface area contributed by atoms with Crippen molar-refractivity contribution in [2.24, 2.45) is 0 Å². The maximum atomic E-state index is 6.23. The molecule has 0 atom stereocenters. The van der Waals surface area contributed by atoms with Gasteiger partial charge in [-0.25, -0.2) is 9.97 Å². The van der Waals surface area contributed by atoms with E-state index in [9.17, 15) is 0 Å². The van der Waals surface area contributed by atoms with E-state index in [1.54, 1.807) is 11.3 Å². The van der Waals surface area contributed by atoms with Crippen LogP contribution < -0.4 is 10.2 Å². The molecule has 26 heavy (non-hydrogen) atoms. The normalized spacial score (nSPS) is 15.2. The van der Waals surface area contributed by atoms with Crippen molar-refractivity contribution < 1.29 is 0 Å². The number of anilines is 1. The first-order valence-electron chi connectivity index (χ1n) is 8.59. The van der Waals surface area contributed by atoms with Crippen molar-refractivity contribution in [1.29, 1.82) is 0 Å². The van der Waals surface area contributed by atoms with Gasteiger partial charge in [0, 0.05) is 43.0 Å². The Balaban J connectivity index is 1.71. The molecule has 1 N–H and O–H groups in total. The number of hydrogen-bond donors (Lipinski definition) is 1. The zero-order valence-electron chi connectivity index (χ0n) is 14.0. The van der Waals surface area contributed by atoms with Crippen molar-refractivity contribution >= 4 is 45.4 Å². The molecule has 0 saturated carbocycles. The average molecular weight is 385 g/mol. The lowest BCUT2D eigenvalue weighted by Gasteiger charge is -2.28. The fourth-order valence-corrected chi connectivity index (χ4v) is 4.17. The van der Waals surface area contributed by atoms with Crippen LogP contribution in [0.25, 0.3) is 16.6 Å². The first-order valence-corrected chi connectivity index (χ1v) is 9.92. The number of benzene rings is 1. The van der Waals surface area contributed by atoms with E-state index in [1.807, 2.05) is 22.7 Å². The maximum Gasteiger partial charge on any atom is 0.229 e. The van der Waals surface area contributed by atoms with Crippen LogP contribution in [-0.4, -0.2) is 45.8 Å². The lowest BCUT2D eigenvalue weighted by atomic mass is 10.2. The van der Waals surface area contributed by atoms with Crippen LogP contribution >= 0.6 is 22.9 Å². The van der Waals surface area contributed by atoms with Crippen LogP contribution in [0.3, 0.4) is 0 Å². The molecule has 0 spiro atoms. The summed E-state index contributed by atoms with van der Waals surface area (Å²) < 4.78 is 1.88. The molecule has 0 bridgehead atoms. The van der Waals surface area contributed by atoms with Gasteiger partial charge in [0.25, 0.3) is 0 Å². The average Bonchev–Trinajstić information content (AvgIpc) is 3.32. The van der Waals surface area contributed by atoms with Gasteiger partial charge in [-0.3, -0.25) is 0 Å². The second-order valence-corrected chi connectivity index (χ2v) is 7.60. The number of rotatable bonds is 3. The van der Waals surface area contributed by atoms with Gasteiger partial charge < -0.3 is 10.2 Å². The number of nitrogens with one attached hydrogen (secondary N) is 1. The van der Waals surface area contributed by atoms with Gasteiger partial charge in [-0.1, -0.05) is 11.6 Å². The number of fused-ring (bicyclic) bond motifs is 3. The van der Waals surface area contributed by atoms with Gasteiger partial charge in [-0.2, -0.15) is 15.9 Å². The van der Waals surface area contributed by atoms with Crippen molar-refractivity contribution in [3.8, 4) is 0 Å². The van der Waals surface area contributed by atoms with E-state index in [4.69, 9.17) is 26.7 Å². The number of aromatic nitrogens is 4. The Morgan fingerprint density at radius 1 is 1.15 bits per heavy atom. The minimum Gasteiger partial charge on any atom is -0.338 e.